The van der Waals surface area contributed by atoms with E-state index in [1.165, 1.54) is 0 Å². The molecule has 7 atom stereocenters. The van der Waals surface area contributed by atoms with E-state index in [4.69, 9.17) is 19.2 Å². The van der Waals surface area contributed by atoms with Crippen LogP contribution in [0.1, 0.15) is 46.5 Å². The number of esters is 1. The molecule has 4 aliphatic heterocycles. The molecule has 5 aliphatic rings. The zero-order valence-electron chi connectivity index (χ0n) is 12.3. The average molecular weight is 282 g/mol. The minimum Gasteiger partial charge on any atom is -0.432 e. The third-order valence-corrected chi connectivity index (χ3v) is 5.97. The largest absolute Gasteiger partial charge is 0.432 e. The van der Waals surface area contributed by atoms with Gasteiger partial charge in [-0.2, -0.15) is 0 Å². The highest BCUT2D eigenvalue weighted by molar-refractivity contribution is 5.74. The van der Waals surface area contributed by atoms with Crippen LogP contribution >= 0.6 is 0 Å². The van der Waals surface area contributed by atoms with Crippen LogP contribution in [0.25, 0.3) is 0 Å². The van der Waals surface area contributed by atoms with Gasteiger partial charge < -0.3 is 9.47 Å². The number of rotatable bonds is 0. The first-order valence-electron chi connectivity index (χ1n) is 7.71. The summed E-state index contributed by atoms with van der Waals surface area (Å²) in [5.74, 6) is -0.137. The number of fused-ring (bicyclic) bond motifs is 2. The molecule has 5 nitrogen and oxygen atoms in total. The first kappa shape index (κ1) is 13.0. The lowest BCUT2D eigenvalue weighted by atomic mass is 9.58. The van der Waals surface area contributed by atoms with E-state index in [1.807, 2.05) is 13.8 Å². The smallest absolute Gasteiger partial charge is 0.311 e. The fourth-order valence-corrected chi connectivity index (χ4v) is 4.76. The molecule has 0 radical (unpaired) electrons. The topological polar surface area (TPSA) is 54.0 Å². The molecule has 0 aromatic heterocycles. The van der Waals surface area contributed by atoms with Crippen LogP contribution in [0.5, 0.6) is 0 Å². The van der Waals surface area contributed by atoms with E-state index >= 15 is 0 Å². The van der Waals surface area contributed by atoms with Crippen molar-refractivity contribution in [2.75, 3.05) is 0 Å². The third kappa shape index (κ3) is 1.46. The van der Waals surface area contributed by atoms with E-state index in [-0.39, 0.29) is 17.8 Å². The van der Waals surface area contributed by atoms with Gasteiger partial charge in [0.15, 0.2) is 5.60 Å². The summed E-state index contributed by atoms with van der Waals surface area (Å²) in [5.41, 5.74) is -0.610. The lowest BCUT2D eigenvalue weighted by molar-refractivity contribution is -0.559. The molecule has 0 aromatic carbocycles. The Morgan fingerprint density at radius 3 is 2.70 bits per heavy atom. The molecular formula is C15H22O5. The van der Waals surface area contributed by atoms with Crippen LogP contribution in [0.2, 0.25) is 0 Å². The summed E-state index contributed by atoms with van der Waals surface area (Å²) in [6.45, 7) is 6.06. The van der Waals surface area contributed by atoms with Crippen LogP contribution in [0.4, 0.5) is 0 Å². The molecule has 0 amide bonds. The summed E-state index contributed by atoms with van der Waals surface area (Å²) < 4.78 is 11.6. The van der Waals surface area contributed by atoms with E-state index in [1.54, 1.807) is 0 Å². The van der Waals surface area contributed by atoms with Gasteiger partial charge >= 0.3 is 5.97 Å². The van der Waals surface area contributed by atoms with Crippen molar-refractivity contribution in [3.63, 3.8) is 0 Å². The molecule has 1 aliphatic carbocycles. The van der Waals surface area contributed by atoms with Crippen LogP contribution in [0, 0.1) is 23.7 Å². The van der Waals surface area contributed by atoms with E-state index < -0.39 is 17.7 Å². The van der Waals surface area contributed by atoms with Crippen LogP contribution in [0.15, 0.2) is 0 Å². The predicted octanol–water partition coefficient (Wildman–Crippen LogP) is 2.39. The van der Waals surface area contributed by atoms with Crippen molar-refractivity contribution in [3.05, 3.63) is 0 Å². The van der Waals surface area contributed by atoms with Gasteiger partial charge in [-0.25, -0.2) is 9.78 Å². The second kappa shape index (κ2) is 3.96. The molecule has 0 N–H and O–H groups in total. The molecule has 5 fully saturated rings. The molecule has 1 saturated carbocycles. The van der Waals surface area contributed by atoms with Gasteiger partial charge in [-0.05, 0) is 32.1 Å². The van der Waals surface area contributed by atoms with E-state index in [2.05, 4.69) is 6.92 Å². The van der Waals surface area contributed by atoms with Crippen molar-refractivity contribution in [1.82, 2.24) is 0 Å². The van der Waals surface area contributed by atoms with Gasteiger partial charge in [0.05, 0.1) is 5.92 Å². The Morgan fingerprint density at radius 2 is 1.90 bits per heavy atom. The molecule has 1 spiro atoms. The van der Waals surface area contributed by atoms with Gasteiger partial charge in [0, 0.05) is 18.3 Å². The highest BCUT2D eigenvalue weighted by Crippen LogP contribution is 2.59. The summed E-state index contributed by atoms with van der Waals surface area (Å²) >= 11 is 0. The monoisotopic (exact) mass is 282 g/mol. The van der Waals surface area contributed by atoms with Gasteiger partial charge in [0.25, 0.3) is 0 Å². The SMILES string of the molecule is C[C@@H]1C(=O)OC2O[C@]3(C)CCC4[C@@H](C)CCC1[C@]24OO3. The number of carbonyl (C=O) groups excluding carboxylic acids is 1. The van der Waals surface area contributed by atoms with Crippen molar-refractivity contribution in [3.8, 4) is 0 Å². The van der Waals surface area contributed by atoms with Crippen molar-refractivity contribution >= 4 is 5.97 Å². The van der Waals surface area contributed by atoms with Gasteiger partial charge in [0.2, 0.25) is 12.1 Å². The summed E-state index contributed by atoms with van der Waals surface area (Å²) in [5, 5.41) is 0. The lowest BCUT2D eigenvalue weighted by Gasteiger charge is -2.57. The molecule has 5 heteroatoms. The first-order chi connectivity index (χ1) is 9.46. The predicted molar refractivity (Wildman–Crippen MR) is 68.0 cm³/mol. The normalized spacial score (nSPS) is 57.8. The number of ether oxygens (including phenoxy) is 2. The Kier molecular flexibility index (Phi) is 2.58. The molecule has 4 heterocycles. The maximum atomic E-state index is 12.1. The van der Waals surface area contributed by atoms with Gasteiger partial charge in [0.1, 0.15) is 0 Å². The van der Waals surface area contributed by atoms with Gasteiger partial charge in [-0.1, -0.05) is 13.8 Å². The van der Waals surface area contributed by atoms with Crippen LogP contribution < -0.4 is 0 Å². The number of hydrogen-bond acceptors (Lipinski definition) is 5. The molecular weight excluding hydrogens is 260 g/mol. The van der Waals surface area contributed by atoms with Crippen LogP contribution in [-0.2, 0) is 24.0 Å². The Balaban J connectivity index is 1.84. The Bertz CT molecular complexity index is 452. The lowest BCUT2D eigenvalue weighted by Crippen LogP contribution is -2.69. The molecule has 0 aromatic rings. The van der Waals surface area contributed by atoms with Gasteiger partial charge in [-0.15, -0.1) is 0 Å². The summed E-state index contributed by atoms with van der Waals surface area (Å²) in [4.78, 5) is 23.7. The zero-order valence-corrected chi connectivity index (χ0v) is 12.3. The fourth-order valence-electron chi connectivity index (χ4n) is 4.76. The fraction of sp³-hybridized carbons (Fsp3) is 0.933. The van der Waals surface area contributed by atoms with E-state index in [0.29, 0.717) is 11.8 Å². The number of carbonyl (C=O) groups is 1. The minimum atomic E-state index is -0.793. The van der Waals surface area contributed by atoms with Gasteiger partial charge in [-0.3, -0.25) is 4.79 Å². The zero-order chi connectivity index (χ0) is 14.1. The second-order valence-corrected chi connectivity index (χ2v) is 7.14. The Morgan fingerprint density at radius 1 is 1.10 bits per heavy atom. The average Bonchev–Trinajstić information content (AvgIpc) is 2.63. The highest BCUT2D eigenvalue weighted by atomic mass is 17.3. The van der Waals surface area contributed by atoms with Crippen LogP contribution in [0.3, 0.4) is 0 Å². The molecule has 112 valence electrons. The molecule has 20 heavy (non-hydrogen) atoms. The molecule has 2 bridgehead atoms. The minimum absolute atomic E-state index is 0.123. The summed E-state index contributed by atoms with van der Waals surface area (Å²) in [6.07, 6.45) is 3.24. The van der Waals surface area contributed by atoms with E-state index in [0.717, 1.165) is 25.7 Å². The van der Waals surface area contributed by atoms with Crippen LogP contribution in [-0.4, -0.2) is 23.6 Å². The first-order valence-corrected chi connectivity index (χ1v) is 7.71. The Hall–Kier alpha value is -0.650. The summed E-state index contributed by atoms with van der Waals surface area (Å²) in [6, 6.07) is 0. The summed E-state index contributed by atoms with van der Waals surface area (Å²) in [7, 11) is 0. The molecule has 5 rings (SSSR count). The Labute approximate surface area is 118 Å². The standard InChI is InChI=1S/C15H22O5/c1-8-4-5-11-9(2)12(16)17-13-15(11)10(8)6-7-14(3,18-13)19-20-15/h8-11,13H,4-7H2,1-3H3/t8-,9-,10?,11?,13?,14-,15-/m0/s1. The highest BCUT2D eigenvalue weighted by Gasteiger charge is 2.69. The number of hydrogen-bond donors (Lipinski definition) is 0. The maximum Gasteiger partial charge on any atom is 0.311 e. The quantitative estimate of drug-likeness (QED) is 0.504. The molecule has 4 saturated heterocycles. The molecule has 3 unspecified atom stereocenters. The second-order valence-electron chi connectivity index (χ2n) is 7.14. The third-order valence-electron chi connectivity index (χ3n) is 5.97. The van der Waals surface area contributed by atoms with E-state index in [9.17, 15) is 4.79 Å². The van der Waals surface area contributed by atoms with Crippen molar-refractivity contribution in [1.29, 1.82) is 0 Å². The van der Waals surface area contributed by atoms with Crippen molar-refractivity contribution < 1.29 is 24.0 Å². The maximum absolute atomic E-state index is 12.1. The van der Waals surface area contributed by atoms with Crippen molar-refractivity contribution in [2.24, 2.45) is 23.7 Å². The van der Waals surface area contributed by atoms with Crippen molar-refractivity contribution in [2.45, 2.75) is 64.1 Å².